The molecule has 0 fully saturated rings. The molecular formula is C24H21N3O5. The van der Waals surface area contributed by atoms with E-state index in [4.69, 9.17) is 9.15 Å². The van der Waals surface area contributed by atoms with E-state index >= 15 is 0 Å². The second-order valence-electron chi connectivity index (χ2n) is 6.99. The number of aromatic nitrogens is 1. The lowest BCUT2D eigenvalue weighted by Crippen LogP contribution is -2.13. The number of benzene rings is 2. The van der Waals surface area contributed by atoms with E-state index in [1.807, 2.05) is 24.4 Å². The summed E-state index contributed by atoms with van der Waals surface area (Å²) in [7, 11) is 0. The number of nitrogens with zero attached hydrogens (tertiary/aromatic N) is 1. The van der Waals surface area contributed by atoms with Crippen LogP contribution in [0.15, 0.2) is 77.5 Å². The van der Waals surface area contributed by atoms with E-state index < -0.39 is 0 Å². The molecule has 0 aliphatic rings. The van der Waals surface area contributed by atoms with E-state index in [-0.39, 0.29) is 30.1 Å². The number of anilines is 2. The van der Waals surface area contributed by atoms with Gasteiger partial charge < -0.3 is 24.4 Å². The summed E-state index contributed by atoms with van der Waals surface area (Å²) in [6.07, 6.45) is 3.23. The highest BCUT2D eigenvalue weighted by atomic mass is 16.5. The molecule has 0 saturated carbocycles. The van der Waals surface area contributed by atoms with Crippen LogP contribution in [0, 0.1) is 0 Å². The number of fused-ring (bicyclic) bond motifs is 1. The van der Waals surface area contributed by atoms with Crippen LogP contribution in [0.3, 0.4) is 0 Å². The Hall–Kier alpha value is -4.33. The minimum Gasteiger partial charge on any atom is -0.465 e. The topological polar surface area (TPSA) is 103 Å². The summed E-state index contributed by atoms with van der Waals surface area (Å²) in [4.78, 5) is 36.4. The quantitative estimate of drug-likeness (QED) is 0.425. The first-order chi connectivity index (χ1) is 15.5. The molecule has 8 nitrogen and oxygen atoms in total. The lowest BCUT2D eigenvalue weighted by molar-refractivity contribution is -0.143. The fourth-order valence-electron chi connectivity index (χ4n) is 3.27. The molecule has 4 rings (SSSR count). The van der Waals surface area contributed by atoms with Gasteiger partial charge in [-0.2, -0.15) is 0 Å². The predicted octanol–water partition coefficient (Wildman–Crippen LogP) is 4.30. The smallest absolute Gasteiger partial charge is 0.325 e. The number of carbonyl (C=O) groups excluding carboxylic acids is 3. The standard InChI is InChI=1S/C24H21N3O5/c1-2-31-22(28)15-27-12-11-17-14-19(9-10-20(17)27)26-23(29)16-5-7-18(8-6-16)25-24(30)21-4-3-13-32-21/h3-14H,2,15H2,1H3,(H,25,30)(H,26,29). The number of amides is 2. The van der Waals surface area contributed by atoms with Crippen molar-refractivity contribution >= 4 is 40.1 Å². The highest BCUT2D eigenvalue weighted by molar-refractivity contribution is 6.06. The van der Waals surface area contributed by atoms with Crippen LogP contribution < -0.4 is 10.6 Å². The zero-order chi connectivity index (χ0) is 22.5. The molecular weight excluding hydrogens is 410 g/mol. The average molecular weight is 431 g/mol. The van der Waals surface area contributed by atoms with E-state index in [1.54, 1.807) is 54.0 Å². The highest BCUT2D eigenvalue weighted by Crippen LogP contribution is 2.21. The van der Waals surface area contributed by atoms with Crippen molar-refractivity contribution in [1.82, 2.24) is 4.57 Å². The number of furan rings is 1. The molecule has 0 atom stereocenters. The largest absolute Gasteiger partial charge is 0.465 e. The molecule has 2 amide bonds. The van der Waals surface area contributed by atoms with Crippen molar-refractivity contribution in [2.45, 2.75) is 13.5 Å². The molecule has 2 N–H and O–H groups in total. The maximum atomic E-state index is 12.6. The van der Waals surface area contributed by atoms with Crippen molar-refractivity contribution in [3.8, 4) is 0 Å². The molecule has 0 spiro atoms. The van der Waals surface area contributed by atoms with Crippen molar-refractivity contribution in [2.75, 3.05) is 17.2 Å². The summed E-state index contributed by atoms with van der Waals surface area (Å²) < 4.78 is 11.9. The summed E-state index contributed by atoms with van der Waals surface area (Å²) in [6, 6.07) is 17.1. The Labute approximate surface area is 183 Å². The average Bonchev–Trinajstić information content (AvgIpc) is 3.45. The van der Waals surface area contributed by atoms with Gasteiger partial charge in [-0.05, 0) is 67.6 Å². The Balaban J connectivity index is 1.41. The fourth-order valence-corrected chi connectivity index (χ4v) is 3.27. The van der Waals surface area contributed by atoms with E-state index in [0.717, 1.165) is 10.9 Å². The Bertz CT molecular complexity index is 1260. The highest BCUT2D eigenvalue weighted by Gasteiger charge is 2.12. The summed E-state index contributed by atoms with van der Waals surface area (Å²) >= 11 is 0. The van der Waals surface area contributed by atoms with E-state index in [2.05, 4.69) is 10.6 Å². The molecule has 2 aromatic carbocycles. The number of rotatable bonds is 7. The second kappa shape index (κ2) is 9.22. The number of esters is 1. The summed E-state index contributed by atoms with van der Waals surface area (Å²) in [5.74, 6) is -0.737. The Morgan fingerprint density at radius 2 is 1.69 bits per heavy atom. The van der Waals surface area contributed by atoms with Gasteiger partial charge in [0.25, 0.3) is 11.8 Å². The Morgan fingerprint density at radius 3 is 2.41 bits per heavy atom. The van der Waals surface area contributed by atoms with Crippen LogP contribution in [0.1, 0.15) is 27.8 Å². The van der Waals surface area contributed by atoms with Gasteiger partial charge in [-0.1, -0.05) is 0 Å². The number of carbonyl (C=O) groups is 3. The number of hydrogen-bond donors (Lipinski definition) is 2. The van der Waals surface area contributed by atoms with Gasteiger partial charge >= 0.3 is 5.97 Å². The normalized spacial score (nSPS) is 10.7. The van der Waals surface area contributed by atoms with Crippen molar-refractivity contribution in [2.24, 2.45) is 0 Å². The van der Waals surface area contributed by atoms with E-state index in [9.17, 15) is 14.4 Å². The molecule has 0 saturated heterocycles. The first-order valence-corrected chi connectivity index (χ1v) is 10.0. The predicted molar refractivity (Wildman–Crippen MR) is 120 cm³/mol. The number of hydrogen-bond acceptors (Lipinski definition) is 5. The van der Waals surface area contributed by atoms with Crippen LogP contribution in [0.2, 0.25) is 0 Å². The third kappa shape index (κ3) is 4.70. The first kappa shape index (κ1) is 20.9. The maximum absolute atomic E-state index is 12.6. The van der Waals surface area contributed by atoms with Crippen LogP contribution in [0.5, 0.6) is 0 Å². The van der Waals surface area contributed by atoms with Crippen LogP contribution in [-0.4, -0.2) is 29.0 Å². The van der Waals surface area contributed by atoms with Gasteiger partial charge in [0.15, 0.2) is 5.76 Å². The maximum Gasteiger partial charge on any atom is 0.325 e. The molecule has 4 aromatic rings. The van der Waals surface area contributed by atoms with Gasteiger partial charge in [0.05, 0.1) is 12.9 Å². The van der Waals surface area contributed by atoms with Gasteiger partial charge in [0.2, 0.25) is 0 Å². The molecule has 8 heteroatoms. The number of nitrogens with one attached hydrogen (secondary N) is 2. The molecule has 32 heavy (non-hydrogen) atoms. The van der Waals surface area contributed by atoms with Gasteiger partial charge in [-0.3, -0.25) is 14.4 Å². The molecule has 0 radical (unpaired) electrons. The van der Waals surface area contributed by atoms with E-state index in [1.165, 1.54) is 6.26 Å². The van der Waals surface area contributed by atoms with Gasteiger partial charge in [0.1, 0.15) is 6.54 Å². The molecule has 2 heterocycles. The first-order valence-electron chi connectivity index (χ1n) is 10.0. The van der Waals surface area contributed by atoms with Crippen LogP contribution in [-0.2, 0) is 16.1 Å². The van der Waals surface area contributed by atoms with Crippen molar-refractivity contribution in [3.05, 3.63) is 84.4 Å². The zero-order valence-electron chi connectivity index (χ0n) is 17.3. The van der Waals surface area contributed by atoms with Gasteiger partial charge in [-0.25, -0.2) is 0 Å². The second-order valence-corrected chi connectivity index (χ2v) is 6.99. The van der Waals surface area contributed by atoms with Crippen LogP contribution in [0.25, 0.3) is 10.9 Å². The minimum absolute atomic E-state index is 0.131. The Morgan fingerprint density at radius 1 is 0.938 bits per heavy atom. The van der Waals surface area contributed by atoms with Crippen molar-refractivity contribution in [1.29, 1.82) is 0 Å². The molecule has 0 aliphatic carbocycles. The lowest BCUT2D eigenvalue weighted by atomic mass is 10.1. The number of ether oxygens (including phenoxy) is 1. The van der Waals surface area contributed by atoms with Gasteiger partial charge in [0, 0.05) is 34.0 Å². The molecule has 2 aromatic heterocycles. The van der Waals surface area contributed by atoms with Crippen LogP contribution in [0.4, 0.5) is 11.4 Å². The SMILES string of the molecule is CCOC(=O)Cn1ccc2cc(NC(=O)c3ccc(NC(=O)c4ccco4)cc3)ccc21. The third-order valence-corrected chi connectivity index (χ3v) is 4.78. The monoisotopic (exact) mass is 431 g/mol. The summed E-state index contributed by atoms with van der Waals surface area (Å²) in [5, 5.41) is 6.46. The zero-order valence-corrected chi connectivity index (χ0v) is 17.3. The third-order valence-electron chi connectivity index (χ3n) is 4.78. The lowest BCUT2D eigenvalue weighted by Gasteiger charge is -2.08. The Kier molecular flexibility index (Phi) is 6.03. The molecule has 0 bridgehead atoms. The van der Waals surface area contributed by atoms with E-state index in [0.29, 0.717) is 23.5 Å². The molecule has 162 valence electrons. The van der Waals surface area contributed by atoms with Crippen molar-refractivity contribution < 1.29 is 23.5 Å². The minimum atomic E-state index is -0.365. The van der Waals surface area contributed by atoms with Crippen LogP contribution >= 0.6 is 0 Å². The van der Waals surface area contributed by atoms with Crippen molar-refractivity contribution in [3.63, 3.8) is 0 Å². The molecule has 0 unspecified atom stereocenters. The summed E-state index contributed by atoms with van der Waals surface area (Å²) in [5.41, 5.74) is 2.49. The fraction of sp³-hybridized carbons (Fsp3) is 0.125. The summed E-state index contributed by atoms with van der Waals surface area (Å²) in [6.45, 7) is 2.24. The molecule has 0 aliphatic heterocycles. The van der Waals surface area contributed by atoms with Gasteiger partial charge in [-0.15, -0.1) is 0 Å².